The van der Waals surface area contributed by atoms with Crippen molar-refractivity contribution in [3.8, 4) is 5.75 Å². The van der Waals surface area contributed by atoms with Gasteiger partial charge in [0.05, 0.1) is 6.61 Å². The van der Waals surface area contributed by atoms with E-state index in [-0.39, 0.29) is 0 Å². The summed E-state index contributed by atoms with van der Waals surface area (Å²) in [5.41, 5.74) is 0. The lowest BCUT2D eigenvalue weighted by atomic mass is 9.97. The number of ether oxygens (including phenoxy) is 2. The fourth-order valence-corrected chi connectivity index (χ4v) is 2.88. The molecule has 1 aromatic heterocycles. The molecule has 4 N–H and O–H groups in total. The highest BCUT2D eigenvalue weighted by atomic mass is 16.7. The molecule has 1 aromatic carbocycles. The number of hydrogen-bond acceptors (Lipinski definition) is 7. The molecule has 1 fully saturated rings. The van der Waals surface area contributed by atoms with Gasteiger partial charge >= 0.3 is 0 Å². The quantitative estimate of drug-likeness (QED) is 0.591. The van der Waals surface area contributed by atoms with Crippen molar-refractivity contribution in [3.05, 3.63) is 36.7 Å². The number of aliphatic hydroxyl groups excluding tert-OH is 3. The van der Waals surface area contributed by atoms with Gasteiger partial charge in [0.1, 0.15) is 30.1 Å². The standard InChI is InChI=1S/C17H20N2O6/c1-9(21)19-14-16(23)15(22)13(8-20)25-17(14)24-12-4-2-3-10-5-6-18-7-11(10)12/h2-7,13-17,20,22-23H,8H2,1H3,(H,19,21). The number of nitrogens with one attached hydrogen (secondary N) is 1. The molecule has 1 amide bonds. The molecular formula is C17H20N2O6. The molecule has 0 saturated carbocycles. The molecule has 0 radical (unpaired) electrons. The Labute approximate surface area is 144 Å². The van der Waals surface area contributed by atoms with Gasteiger partial charge < -0.3 is 30.1 Å². The molecule has 25 heavy (non-hydrogen) atoms. The van der Waals surface area contributed by atoms with Crippen LogP contribution in [0.15, 0.2) is 36.7 Å². The number of aromatic nitrogens is 1. The van der Waals surface area contributed by atoms with Crippen LogP contribution >= 0.6 is 0 Å². The highest BCUT2D eigenvalue weighted by Crippen LogP contribution is 2.29. The van der Waals surface area contributed by atoms with E-state index in [1.54, 1.807) is 24.5 Å². The van der Waals surface area contributed by atoms with Crippen LogP contribution in [0.2, 0.25) is 0 Å². The summed E-state index contributed by atoms with van der Waals surface area (Å²) < 4.78 is 11.4. The van der Waals surface area contributed by atoms with Gasteiger partial charge in [-0.15, -0.1) is 0 Å². The van der Waals surface area contributed by atoms with Crippen LogP contribution in [0.1, 0.15) is 6.92 Å². The number of nitrogens with zero attached hydrogens (tertiary/aromatic N) is 1. The summed E-state index contributed by atoms with van der Waals surface area (Å²) in [7, 11) is 0. The lowest BCUT2D eigenvalue weighted by Gasteiger charge is -2.42. The minimum absolute atomic E-state index is 0.407. The van der Waals surface area contributed by atoms with Crippen LogP contribution in [0.25, 0.3) is 10.8 Å². The number of fused-ring (bicyclic) bond motifs is 1. The van der Waals surface area contributed by atoms with Crippen molar-refractivity contribution in [2.45, 2.75) is 37.6 Å². The highest BCUT2D eigenvalue weighted by Gasteiger charge is 2.46. The van der Waals surface area contributed by atoms with Crippen molar-refractivity contribution in [1.29, 1.82) is 0 Å². The predicted molar refractivity (Wildman–Crippen MR) is 87.7 cm³/mol. The molecule has 5 unspecified atom stereocenters. The van der Waals surface area contributed by atoms with E-state index in [1.165, 1.54) is 6.92 Å². The van der Waals surface area contributed by atoms with Crippen molar-refractivity contribution in [2.75, 3.05) is 6.61 Å². The Balaban J connectivity index is 1.92. The maximum Gasteiger partial charge on any atom is 0.223 e. The summed E-state index contributed by atoms with van der Waals surface area (Å²) in [6.45, 7) is 0.790. The van der Waals surface area contributed by atoms with Crippen LogP contribution in [0.5, 0.6) is 5.75 Å². The number of rotatable bonds is 4. The van der Waals surface area contributed by atoms with Gasteiger partial charge in [-0.2, -0.15) is 0 Å². The zero-order valence-electron chi connectivity index (χ0n) is 13.6. The van der Waals surface area contributed by atoms with Gasteiger partial charge in [0, 0.05) is 24.7 Å². The summed E-state index contributed by atoms with van der Waals surface area (Å²) in [6, 6.07) is 6.23. The SMILES string of the molecule is CC(=O)NC1C(Oc2cccc3ccncc23)OC(CO)C(O)C1O. The van der Waals surface area contributed by atoms with Crippen molar-refractivity contribution < 1.29 is 29.6 Å². The minimum Gasteiger partial charge on any atom is -0.462 e. The normalized spacial score (nSPS) is 29.4. The Bertz CT molecular complexity index is 750. The van der Waals surface area contributed by atoms with E-state index < -0.39 is 43.2 Å². The van der Waals surface area contributed by atoms with E-state index in [9.17, 15) is 20.1 Å². The Morgan fingerprint density at radius 2 is 2.12 bits per heavy atom. The van der Waals surface area contributed by atoms with Crippen LogP contribution < -0.4 is 10.1 Å². The molecule has 1 aliphatic heterocycles. The van der Waals surface area contributed by atoms with Gasteiger partial charge in [-0.3, -0.25) is 9.78 Å². The number of hydrogen-bond donors (Lipinski definition) is 4. The summed E-state index contributed by atoms with van der Waals surface area (Å²) in [6.07, 6.45) is -1.53. The first-order chi connectivity index (χ1) is 12.0. The Morgan fingerprint density at radius 3 is 2.84 bits per heavy atom. The molecule has 2 aromatic rings. The smallest absolute Gasteiger partial charge is 0.223 e. The molecule has 2 heterocycles. The summed E-state index contributed by atoms with van der Waals surface area (Å²) in [5.74, 6) is 0.0433. The summed E-state index contributed by atoms with van der Waals surface area (Å²) in [5, 5.41) is 33.8. The largest absolute Gasteiger partial charge is 0.462 e. The number of carbonyl (C=O) groups is 1. The van der Waals surface area contributed by atoms with E-state index in [0.29, 0.717) is 5.75 Å². The maximum absolute atomic E-state index is 11.5. The molecule has 0 aliphatic carbocycles. The zero-order chi connectivity index (χ0) is 18.0. The van der Waals surface area contributed by atoms with Crippen molar-refractivity contribution in [1.82, 2.24) is 10.3 Å². The van der Waals surface area contributed by atoms with E-state index in [4.69, 9.17) is 9.47 Å². The number of pyridine rings is 1. The summed E-state index contributed by atoms with van der Waals surface area (Å²) >= 11 is 0. The molecule has 3 rings (SSSR count). The first-order valence-corrected chi connectivity index (χ1v) is 7.90. The van der Waals surface area contributed by atoms with Crippen molar-refractivity contribution in [3.63, 3.8) is 0 Å². The topological polar surface area (TPSA) is 121 Å². The molecule has 1 saturated heterocycles. The van der Waals surface area contributed by atoms with Crippen molar-refractivity contribution >= 4 is 16.7 Å². The lowest BCUT2D eigenvalue weighted by Crippen LogP contribution is -2.65. The third-order valence-electron chi connectivity index (χ3n) is 4.14. The Morgan fingerprint density at radius 1 is 1.32 bits per heavy atom. The maximum atomic E-state index is 11.5. The van der Waals surface area contributed by atoms with Crippen LogP contribution in [0.4, 0.5) is 0 Å². The van der Waals surface area contributed by atoms with Gasteiger partial charge in [-0.1, -0.05) is 12.1 Å². The predicted octanol–water partition coefficient (Wildman–Crippen LogP) is -0.443. The zero-order valence-corrected chi connectivity index (χ0v) is 13.6. The molecule has 8 nitrogen and oxygen atoms in total. The number of aliphatic hydroxyl groups is 3. The van der Waals surface area contributed by atoms with Crippen molar-refractivity contribution in [2.24, 2.45) is 0 Å². The average Bonchev–Trinajstić information content (AvgIpc) is 2.61. The van der Waals surface area contributed by atoms with E-state index in [0.717, 1.165) is 10.8 Å². The van der Waals surface area contributed by atoms with Crippen LogP contribution in [0.3, 0.4) is 0 Å². The first kappa shape index (κ1) is 17.6. The Kier molecular flexibility index (Phi) is 5.14. The Hall–Kier alpha value is -2.26. The fourth-order valence-electron chi connectivity index (χ4n) is 2.88. The number of benzene rings is 1. The van der Waals surface area contributed by atoms with Gasteiger partial charge in [0.2, 0.25) is 12.2 Å². The average molecular weight is 348 g/mol. The molecule has 1 aliphatic rings. The fraction of sp³-hybridized carbons (Fsp3) is 0.412. The third kappa shape index (κ3) is 3.57. The minimum atomic E-state index is -1.35. The molecule has 5 atom stereocenters. The number of amides is 1. The molecule has 0 bridgehead atoms. The highest BCUT2D eigenvalue weighted by molar-refractivity contribution is 5.87. The second kappa shape index (κ2) is 7.32. The third-order valence-corrected chi connectivity index (χ3v) is 4.14. The molecular weight excluding hydrogens is 328 g/mol. The van der Waals surface area contributed by atoms with E-state index in [2.05, 4.69) is 10.3 Å². The molecule has 8 heteroatoms. The monoisotopic (exact) mass is 348 g/mol. The van der Waals surface area contributed by atoms with Gasteiger partial charge in [-0.05, 0) is 17.5 Å². The second-order valence-corrected chi connectivity index (χ2v) is 5.90. The van der Waals surface area contributed by atoms with Gasteiger partial charge in [-0.25, -0.2) is 0 Å². The molecule has 0 spiro atoms. The second-order valence-electron chi connectivity index (χ2n) is 5.90. The van der Waals surface area contributed by atoms with Crippen LogP contribution in [-0.2, 0) is 9.53 Å². The van der Waals surface area contributed by atoms with Crippen LogP contribution in [0, 0.1) is 0 Å². The number of carbonyl (C=O) groups excluding carboxylic acids is 1. The summed E-state index contributed by atoms with van der Waals surface area (Å²) in [4.78, 5) is 15.5. The first-order valence-electron chi connectivity index (χ1n) is 7.90. The lowest BCUT2D eigenvalue weighted by molar-refractivity contribution is -0.244. The molecule has 134 valence electrons. The van der Waals surface area contributed by atoms with E-state index >= 15 is 0 Å². The van der Waals surface area contributed by atoms with Gasteiger partial charge in [0.25, 0.3) is 0 Å². The van der Waals surface area contributed by atoms with Crippen LogP contribution in [-0.4, -0.2) is 63.5 Å². The van der Waals surface area contributed by atoms with Gasteiger partial charge in [0.15, 0.2) is 0 Å². The van der Waals surface area contributed by atoms with E-state index in [1.807, 2.05) is 12.1 Å².